The molecule has 0 spiro atoms. The molecular weight excluding hydrogens is 345 g/mol. The minimum absolute atomic E-state index is 0.158. The largest absolute Gasteiger partial charge is 0.339 e. The lowest BCUT2D eigenvalue weighted by Gasteiger charge is -2.32. The minimum Gasteiger partial charge on any atom is -0.339 e. The van der Waals surface area contributed by atoms with Gasteiger partial charge in [0, 0.05) is 25.0 Å². The van der Waals surface area contributed by atoms with Gasteiger partial charge in [-0.25, -0.2) is 4.39 Å². The van der Waals surface area contributed by atoms with Crippen molar-refractivity contribution < 1.29 is 9.18 Å². The molecule has 1 aliphatic carbocycles. The number of aromatic nitrogens is 3. The summed E-state index contributed by atoms with van der Waals surface area (Å²) in [7, 11) is 4.08. The Morgan fingerprint density at radius 1 is 1.15 bits per heavy atom. The van der Waals surface area contributed by atoms with E-state index in [1.165, 1.54) is 18.9 Å². The average Bonchev–Trinajstić information content (AvgIpc) is 3.42. The van der Waals surface area contributed by atoms with E-state index in [-0.39, 0.29) is 11.5 Å². The highest BCUT2D eigenvalue weighted by Gasteiger charge is 2.34. The maximum Gasteiger partial charge on any atom is 0.256 e. The molecule has 1 saturated heterocycles. The van der Waals surface area contributed by atoms with E-state index in [1.807, 2.05) is 14.1 Å². The Morgan fingerprint density at radius 3 is 2.48 bits per heavy atom. The molecule has 27 heavy (non-hydrogen) atoms. The van der Waals surface area contributed by atoms with Crippen molar-refractivity contribution in [2.24, 2.45) is 0 Å². The Hall–Kier alpha value is -2.28. The molecule has 6 nitrogen and oxygen atoms in total. The average molecular weight is 371 g/mol. The van der Waals surface area contributed by atoms with Gasteiger partial charge in [0.1, 0.15) is 17.5 Å². The van der Waals surface area contributed by atoms with Crippen LogP contribution in [0.5, 0.6) is 0 Å². The van der Waals surface area contributed by atoms with Crippen LogP contribution < -0.4 is 0 Å². The fourth-order valence-corrected chi connectivity index (χ4v) is 3.88. The van der Waals surface area contributed by atoms with Crippen molar-refractivity contribution in [3.63, 3.8) is 0 Å². The van der Waals surface area contributed by atoms with Crippen LogP contribution in [0.4, 0.5) is 4.39 Å². The van der Waals surface area contributed by atoms with Crippen LogP contribution in [-0.4, -0.2) is 57.7 Å². The molecule has 0 N–H and O–H groups in total. The predicted molar refractivity (Wildman–Crippen MR) is 100.0 cm³/mol. The number of halogens is 1. The van der Waals surface area contributed by atoms with Crippen molar-refractivity contribution >= 4 is 5.91 Å². The molecule has 2 fully saturated rings. The number of benzene rings is 1. The molecule has 144 valence electrons. The number of carbonyl (C=O) groups is 1. The van der Waals surface area contributed by atoms with Gasteiger partial charge in [-0.15, -0.1) is 10.2 Å². The molecule has 2 heterocycles. The molecule has 2 aromatic rings. The highest BCUT2D eigenvalue weighted by Crippen LogP contribution is 2.40. The molecule has 0 unspecified atom stereocenters. The summed E-state index contributed by atoms with van der Waals surface area (Å²) in [6.45, 7) is 2.03. The molecule has 7 heteroatoms. The lowest BCUT2D eigenvalue weighted by atomic mass is 9.95. The first-order chi connectivity index (χ1) is 13.0. The topological polar surface area (TPSA) is 54.3 Å². The summed E-state index contributed by atoms with van der Waals surface area (Å²) in [5.74, 6) is 1.73. The van der Waals surface area contributed by atoms with E-state index in [4.69, 9.17) is 0 Å². The summed E-state index contributed by atoms with van der Waals surface area (Å²) in [6.07, 6.45) is 4.06. The van der Waals surface area contributed by atoms with E-state index < -0.39 is 5.82 Å². The number of piperidine rings is 1. The third-order valence-electron chi connectivity index (χ3n) is 5.41. The van der Waals surface area contributed by atoms with Crippen molar-refractivity contribution in [1.29, 1.82) is 0 Å². The van der Waals surface area contributed by atoms with Crippen LogP contribution in [0, 0.1) is 5.82 Å². The van der Waals surface area contributed by atoms with E-state index in [0.29, 0.717) is 25.0 Å². The Morgan fingerprint density at radius 2 is 1.85 bits per heavy atom. The smallest absolute Gasteiger partial charge is 0.256 e. The zero-order valence-corrected chi connectivity index (χ0v) is 15.9. The van der Waals surface area contributed by atoms with Gasteiger partial charge in [0.25, 0.3) is 5.91 Å². The maximum atomic E-state index is 13.9. The van der Waals surface area contributed by atoms with Crippen LogP contribution in [-0.2, 0) is 6.54 Å². The number of hydrogen-bond acceptors (Lipinski definition) is 4. The second-order valence-corrected chi connectivity index (χ2v) is 7.86. The van der Waals surface area contributed by atoms with Crippen molar-refractivity contribution in [1.82, 2.24) is 24.6 Å². The Kier molecular flexibility index (Phi) is 4.95. The molecule has 1 aliphatic heterocycles. The molecule has 0 bridgehead atoms. The molecule has 0 radical (unpaired) electrons. The van der Waals surface area contributed by atoms with Gasteiger partial charge >= 0.3 is 0 Å². The van der Waals surface area contributed by atoms with Gasteiger partial charge in [-0.1, -0.05) is 12.1 Å². The Balaban J connectivity index is 1.46. The van der Waals surface area contributed by atoms with Gasteiger partial charge in [0.05, 0.1) is 12.1 Å². The van der Waals surface area contributed by atoms with E-state index in [0.717, 1.165) is 31.0 Å². The molecule has 1 amide bonds. The number of hydrogen-bond donors (Lipinski definition) is 0. The third kappa shape index (κ3) is 3.74. The minimum atomic E-state index is -0.452. The second kappa shape index (κ2) is 7.38. The van der Waals surface area contributed by atoms with E-state index in [2.05, 4.69) is 19.7 Å². The van der Waals surface area contributed by atoms with Crippen molar-refractivity contribution in [2.75, 3.05) is 27.2 Å². The zero-order chi connectivity index (χ0) is 19.0. The molecule has 1 aromatic heterocycles. The first-order valence-electron chi connectivity index (χ1n) is 9.67. The molecule has 1 saturated carbocycles. The van der Waals surface area contributed by atoms with Crippen LogP contribution in [0.15, 0.2) is 24.3 Å². The summed E-state index contributed by atoms with van der Waals surface area (Å²) in [4.78, 5) is 16.5. The fraction of sp³-hybridized carbons (Fsp3) is 0.550. The monoisotopic (exact) mass is 371 g/mol. The summed E-state index contributed by atoms with van der Waals surface area (Å²) < 4.78 is 16.3. The normalized spacial score (nSPS) is 18.3. The van der Waals surface area contributed by atoms with E-state index in [1.54, 1.807) is 23.1 Å². The number of rotatable bonds is 5. The lowest BCUT2D eigenvalue weighted by molar-refractivity contribution is 0.0705. The Bertz CT molecular complexity index is 822. The van der Waals surface area contributed by atoms with Gasteiger partial charge in [-0.2, -0.15) is 0 Å². The van der Waals surface area contributed by atoms with Crippen LogP contribution in [0.1, 0.15) is 59.6 Å². The lowest BCUT2D eigenvalue weighted by Crippen LogP contribution is -2.38. The molecule has 0 atom stereocenters. The summed E-state index contributed by atoms with van der Waals surface area (Å²) in [6, 6.07) is 6.73. The first kappa shape index (κ1) is 18.1. The van der Waals surface area contributed by atoms with Gasteiger partial charge in [-0.3, -0.25) is 4.79 Å². The van der Waals surface area contributed by atoms with Gasteiger partial charge in [-0.05, 0) is 51.9 Å². The molecular formula is C20H26FN5O. The molecule has 4 rings (SSSR count). The van der Waals surface area contributed by atoms with Gasteiger partial charge < -0.3 is 14.4 Å². The highest BCUT2D eigenvalue weighted by atomic mass is 19.1. The zero-order valence-electron chi connectivity index (χ0n) is 15.9. The van der Waals surface area contributed by atoms with Crippen LogP contribution in [0.25, 0.3) is 0 Å². The standard InChI is InChI=1S/C20H26FN5O/c1-24(2)13-18-22-23-19(26(18)15-7-8-15)14-9-11-25(12-10-14)20(27)16-5-3-4-6-17(16)21/h3-6,14-15H,7-13H2,1-2H3. The SMILES string of the molecule is CN(C)Cc1nnc(C2CCN(C(=O)c3ccccc3F)CC2)n1C1CC1. The summed E-state index contributed by atoms with van der Waals surface area (Å²) >= 11 is 0. The van der Waals surface area contributed by atoms with Crippen molar-refractivity contribution in [3.05, 3.63) is 47.3 Å². The van der Waals surface area contributed by atoms with Crippen LogP contribution in [0.2, 0.25) is 0 Å². The maximum absolute atomic E-state index is 13.9. The van der Waals surface area contributed by atoms with E-state index >= 15 is 0 Å². The Labute approximate surface area is 159 Å². The van der Waals surface area contributed by atoms with Gasteiger partial charge in [0.15, 0.2) is 0 Å². The number of likely N-dealkylation sites (tertiary alicyclic amines) is 1. The number of carbonyl (C=O) groups excluding carboxylic acids is 1. The van der Waals surface area contributed by atoms with Crippen LogP contribution in [0.3, 0.4) is 0 Å². The second-order valence-electron chi connectivity index (χ2n) is 7.86. The van der Waals surface area contributed by atoms with E-state index in [9.17, 15) is 9.18 Å². The summed E-state index contributed by atoms with van der Waals surface area (Å²) in [5.41, 5.74) is 0.158. The van der Waals surface area contributed by atoms with Gasteiger partial charge in [0.2, 0.25) is 0 Å². The third-order valence-corrected chi connectivity index (χ3v) is 5.41. The summed E-state index contributed by atoms with van der Waals surface area (Å²) in [5, 5.41) is 8.97. The number of amides is 1. The highest BCUT2D eigenvalue weighted by molar-refractivity contribution is 5.94. The molecule has 1 aromatic carbocycles. The quantitative estimate of drug-likeness (QED) is 0.811. The predicted octanol–water partition coefficient (Wildman–Crippen LogP) is 2.83. The van der Waals surface area contributed by atoms with Crippen molar-refractivity contribution in [3.8, 4) is 0 Å². The van der Waals surface area contributed by atoms with Crippen molar-refractivity contribution in [2.45, 2.75) is 44.2 Å². The fourth-order valence-electron chi connectivity index (χ4n) is 3.88. The molecule has 2 aliphatic rings. The van der Waals surface area contributed by atoms with Crippen LogP contribution >= 0.6 is 0 Å². The number of nitrogens with zero attached hydrogens (tertiary/aromatic N) is 5. The first-order valence-corrected chi connectivity index (χ1v) is 9.67.